The van der Waals surface area contributed by atoms with Crippen molar-refractivity contribution in [2.45, 2.75) is 44.7 Å². The van der Waals surface area contributed by atoms with Crippen LogP contribution in [0.1, 0.15) is 47.4 Å². The zero-order valence-electron chi connectivity index (χ0n) is 14.0. The van der Waals surface area contributed by atoms with Crippen LogP contribution in [0.15, 0.2) is 48.5 Å². The molecule has 0 spiro atoms. The van der Waals surface area contributed by atoms with Gasteiger partial charge in [-0.3, -0.25) is 0 Å². The molecule has 25 heavy (non-hydrogen) atoms. The lowest BCUT2D eigenvalue weighted by Crippen LogP contribution is -2.25. The molecule has 2 aromatic rings. The van der Waals surface area contributed by atoms with Crippen molar-refractivity contribution in [1.29, 1.82) is 0 Å². The molecule has 0 aliphatic carbocycles. The van der Waals surface area contributed by atoms with Crippen molar-refractivity contribution in [3.05, 3.63) is 70.2 Å². The molecule has 0 aromatic heterocycles. The monoisotopic (exact) mass is 360 g/mol. The summed E-state index contributed by atoms with van der Waals surface area (Å²) >= 11 is 6.21. The van der Waals surface area contributed by atoms with Crippen molar-refractivity contribution in [3.63, 3.8) is 0 Å². The molecule has 2 aromatic carbocycles. The molecule has 3 atom stereocenters. The predicted octanol–water partition coefficient (Wildman–Crippen LogP) is 4.30. The van der Waals surface area contributed by atoms with E-state index in [0.717, 1.165) is 17.5 Å². The predicted molar refractivity (Wildman–Crippen MR) is 95.5 cm³/mol. The van der Waals surface area contributed by atoms with Crippen molar-refractivity contribution in [3.8, 4) is 0 Å². The van der Waals surface area contributed by atoms with E-state index in [2.05, 4.69) is 0 Å². The van der Waals surface area contributed by atoms with Gasteiger partial charge in [0.15, 0.2) is 12.4 Å². The molecule has 5 heteroatoms. The van der Waals surface area contributed by atoms with E-state index >= 15 is 0 Å². The zero-order valence-corrected chi connectivity index (χ0v) is 14.8. The number of aryl methyl sites for hydroxylation is 1. The maximum absolute atomic E-state index is 12.5. The van der Waals surface area contributed by atoms with Gasteiger partial charge in [0.1, 0.15) is 6.10 Å². The number of halogens is 1. The minimum Gasteiger partial charge on any atom is -0.451 e. The highest BCUT2D eigenvalue weighted by atomic mass is 35.5. The maximum Gasteiger partial charge on any atom is 0.338 e. The average molecular weight is 361 g/mol. The zero-order chi connectivity index (χ0) is 17.8. The quantitative estimate of drug-likeness (QED) is 0.808. The number of esters is 1. The second kappa shape index (κ2) is 8.00. The van der Waals surface area contributed by atoms with Crippen molar-refractivity contribution in [2.24, 2.45) is 0 Å². The Bertz CT molecular complexity index is 732. The van der Waals surface area contributed by atoms with Gasteiger partial charge in [0.25, 0.3) is 0 Å². The van der Waals surface area contributed by atoms with Crippen molar-refractivity contribution in [1.82, 2.24) is 0 Å². The molecular formula is C20H21ClO4. The summed E-state index contributed by atoms with van der Waals surface area (Å²) in [5, 5.41) is 10.4. The molecule has 1 N–H and O–H groups in total. The number of benzene rings is 2. The number of carbonyl (C=O) groups is 1. The minimum atomic E-state index is -0.819. The van der Waals surface area contributed by atoms with Crippen LogP contribution in [0.4, 0.5) is 0 Å². The van der Waals surface area contributed by atoms with Gasteiger partial charge in [0, 0.05) is 11.4 Å². The third kappa shape index (κ3) is 4.21. The van der Waals surface area contributed by atoms with Gasteiger partial charge in [-0.15, -0.1) is 0 Å². The molecule has 2 unspecified atom stereocenters. The van der Waals surface area contributed by atoms with Gasteiger partial charge in [-0.1, -0.05) is 48.9 Å². The smallest absolute Gasteiger partial charge is 0.338 e. The lowest BCUT2D eigenvalue weighted by molar-refractivity contribution is -0.124. The maximum atomic E-state index is 12.5. The summed E-state index contributed by atoms with van der Waals surface area (Å²) in [6.07, 6.45) is 0.137. The highest BCUT2D eigenvalue weighted by Crippen LogP contribution is 2.34. The van der Waals surface area contributed by atoms with Gasteiger partial charge < -0.3 is 14.6 Å². The molecule has 0 radical (unpaired) electrons. The SMILES string of the molecule is CCc1cc(C(OC(=O)c2ccccc2)[C@@H]2CCC(O)O2)ccc1Cl. The summed E-state index contributed by atoms with van der Waals surface area (Å²) in [6, 6.07) is 14.4. The molecule has 1 heterocycles. The van der Waals surface area contributed by atoms with Gasteiger partial charge in [0.2, 0.25) is 0 Å². The molecule has 0 saturated carbocycles. The normalized spacial score (nSPS) is 21.1. The average Bonchev–Trinajstić information content (AvgIpc) is 3.07. The first-order chi connectivity index (χ1) is 12.1. The topological polar surface area (TPSA) is 55.8 Å². The number of rotatable bonds is 5. The Balaban J connectivity index is 1.89. The Hall–Kier alpha value is -1.88. The Morgan fingerprint density at radius 3 is 2.68 bits per heavy atom. The molecule has 1 aliphatic rings. The van der Waals surface area contributed by atoms with Crippen LogP contribution < -0.4 is 0 Å². The Morgan fingerprint density at radius 1 is 1.28 bits per heavy atom. The summed E-state index contributed by atoms with van der Waals surface area (Å²) in [7, 11) is 0. The van der Waals surface area contributed by atoms with Gasteiger partial charge in [-0.25, -0.2) is 4.79 Å². The van der Waals surface area contributed by atoms with Crippen LogP contribution in [0.25, 0.3) is 0 Å². The molecule has 3 rings (SSSR count). The highest BCUT2D eigenvalue weighted by Gasteiger charge is 2.34. The van der Waals surface area contributed by atoms with E-state index in [4.69, 9.17) is 21.1 Å². The number of ether oxygens (including phenoxy) is 2. The van der Waals surface area contributed by atoms with Gasteiger partial charge in [-0.2, -0.15) is 0 Å². The minimum absolute atomic E-state index is 0.381. The number of carbonyl (C=O) groups excluding carboxylic acids is 1. The van der Waals surface area contributed by atoms with Crippen molar-refractivity contribution < 1.29 is 19.4 Å². The molecule has 0 bridgehead atoms. The highest BCUT2D eigenvalue weighted by molar-refractivity contribution is 6.31. The Labute approximate surface area is 152 Å². The summed E-state index contributed by atoms with van der Waals surface area (Å²) in [5.41, 5.74) is 2.29. The van der Waals surface area contributed by atoms with Crippen LogP contribution in [0.5, 0.6) is 0 Å². The van der Waals surface area contributed by atoms with Crippen LogP contribution in [0.2, 0.25) is 5.02 Å². The summed E-state index contributed by atoms with van der Waals surface area (Å²) in [4.78, 5) is 12.5. The molecule has 1 saturated heterocycles. The van der Waals surface area contributed by atoms with Crippen LogP contribution in [-0.4, -0.2) is 23.5 Å². The number of aliphatic hydroxyl groups is 1. The number of hydrogen-bond acceptors (Lipinski definition) is 4. The first-order valence-electron chi connectivity index (χ1n) is 8.46. The van der Waals surface area contributed by atoms with E-state index in [-0.39, 0.29) is 6.10 Å². The fourth-order valence-electron chi connectivity index (χ4n) is 3.03. The molecule has 1 aliphatic heterocycles. The summed E-state index contributed by atoms with van der Waals surface area (Å²) in [5.74, 6) is -0.413. The van der Waals surface area contributed by atoms with E-state index in [9.17, 15) is 9.90 Å². The van der Waals surface area contributed by atoms with Gasteiger partial charge in [-0.05, 0) is 42.2 Å². The molecule has 132 valence electrons. The molecule has 0 amide bonds. The van der Waals surface area contributed by atoms with Gasteiger partial charge in [0.05, 0.1) is 5.56 Å². The van der Waals surface area contributed by atoms with Crippen LogP contribution in [0.3, 0.4) is 0 Å². The summed E-state index contributed by atoms with van der Waals surface area (Å²) < 4.78 is 11.3. The second-order valence-corrected chi connectivity index (χ2v) is 6.51. The van der Waals surface area contributed by atoms with E-state index in [1.807, 2.05) is 31.2 Å². The molecular weight excluding hydrogens is 340 g/mol. The fourth-order valence-corrected chi connectivity index (χ4v) is 3.28. The van der Waals surface area contributed by atoms with E-state index < -0.39 is 18.4 Å². The summed E-state index contributed by atoms with van der Waals surface area (Å²) in [6.45, 7) is 2.02. The van der Waals surface area contributed by atoms with Gasteiger partial charge >= 0.3 is 5.97 Å². The third-order valence-corrected chi connectivity index (χ3v) is 4.76. The Morgan fingerprint density at radius 2 is 2.04 bits per heavy atom. The van der Waals surface area contributed by atoms with Crippen LogP contribution in [0, 0.1) is 0 Å². The lowest BCUT2D eigenvalue weighted by atomic mass is 9.99. The first-order valence-corrected chi connectivity index (χ1v) is 8.84. The molecule has 4 nitrogen and oxygen atoms in total. The van der Waals surface area contributed by atoms with Crippen LogP contribution >= 0.6 is 11.6 Å². The van der Waals surface area contributed by atoms with Crippen molar-refractivity contribution >= 4 is 17.6 Å². The third-order valence-electron chi connectivity index (χ3n) is 4.39. The van der Waals surface area contributed by atoms with Crippen molar-refractivity contribution in [2.75, 3.05) is 0 Å². The largest absolute Gasteiger partial charge is 0.451 e. The van der Waals surface area contributed by atoms with Crippen LogP contribution in [-0.2, 0) is 15.9 Å². The van der Waals surface area contributed by atoms with E-state index in [1.165, 1.54) is 0 Å². The standard InChI is InChI=1S/C20H21ClO4/c1-2-13-12-15(8-9-16(13)21)19(17-10-11-18(22)24-17)25-20(23)14-6-4-3-5-7-14/h3-9,12,17-19,22H,2,10-11H2,1H3/t17-,18?,19?/m0/s1. The van der Waals surface area contributed by atoms with E-state index in [0.29, 0.717) is 23.4 Å². The number of aliphatic hydroxyl groups excluding tert-OH is 1. The number of hydrogen-bond donors (Lipinski definition) is 1. The molecule has 1 fully saturated rings. The first kappa shape index (κ1) is 17.9. The Kier molecular flexibility index (Phi) is 5.74. The second-order valence-electron chi connectivity index (χ2n) is 6.10. The fraction of sp³-hybridized carbons (Fsp3) is 0.350. The lowest BCUT2D eigenvalue weighted by Gasteiger charge is -2.24. The van der Waals surface area contributed by atoms with E-state index in [1.54, 1.807) is 24.3 Å².